The van der Waals surface area contributed by atoms with Gasteiger partial charge in [-0.2, -0.15) is 0 Å². The molecule has 7 nitrogen and oxygen atoms in total. The molecule has 1 fully saturated rings. The van der Waals surface area contributed by atoms with E-state index in [1.54, 1.807) is 0 Å². The van der Waals surface area contributed by atoms with Crippen LogP contribution in [0.1, 0.15) is 36.0 Å². The monoisotopic (exact) mass is 439 g/mol. The summed E-state index contributed by atoms with van der Waals surface area (Å²) >= 11 is 0. The molecular formula is C23H25N3O4S. The number of piperidine rings is 1. The number of nitrogens with two attached hydrogens (primary N) is 1. The number of likely N-dealkylation sites (tertiary alicyclic amines) is 1. The van der Waals surface area contributed by atoms with E-state index in [0.717, 1.165) is 53.9 Å². The fraction of sp³-hybridized carbons (Fsp3) is 0.304. The molecule has 0 aromatic heterocycles. The van der Waals surface area contributed by atoms with Crippen LogP contribution in [-0.2, 0) is 19.6 Å². The Kier molecular flexibility index (Phi) is 5.45. The van der Waals surface area contributed by atoms with Crippen LogP contribution >= 0.6 is 0 Å². The third-order valence-corrected chi connectivity index (χ3v) is 6.74. The van der Waals surface area contributed by atoms with Gasteiger partial charge in [0, 0.05) is 13.1 Å². The van der Waals surface area contributed by atoms with Crippen molar-refractivity contribution in [1.29, 1.82) is 0 Å². The second-order valence-corrected chi connectivity index (χ2v) is 9.64. The van der Waals surface area contributed by atoms with Crippen LogP contribution in [0.5, 0.6) is 0 Å². The second-order valence-electron chi connectivity index (χ2n) is 8.07. The molecule has 0 aliphatic carbocycles. The lowest BCUT2D eigenvalue weighted by Gasteiger charge is -2.29. The van der Waals surface area contributed by atoms with E-state index in [2.05, 4.69) is 0 Å². The number of benzene rings is 2. The van der Waals surface area contributed by atoms with E-state index < -0.39 is 15.9 Å². The van der Waals surface area contributed by atoms with Crippen molar-refractivity contribution in [3.05, 3.63) is 64.9 Å². The number of aryl methyl sites for hydroxylation is 2. The maximum atomic E-state index is 13.6. The molecule has 1 saturated heterocycles. The predicted octanol–water partition coefficient (Wildman–Crippen LogP) is 2.72. The van der Waals surface area contributed by atoms with E-state index in [1.807, 2.05) is 36.9 Å². The summed E-state index contributed by atoms with van der Waals surface area (Å²) in [5.41, 5.74) is 3.89. The summed E-state index contributed by atoms with van der Waals surface area (Å²) < 4.78 is 23.1. The van der Waals surface area contributed by atoms with Gasteiger partial charge in [0.05, 0.1) is 16.2 Å². The van der Waals surface area contributed by atoms with Gasteiger partial charge in [-0.1, -0.05) is 23.8 Å². The van der Waals surface area contributed by atoms with E-state index >= 15 is 0 Å². The van der Waals surface area contributed by atoms with Gasteiger partial charge in [0.1, 0.15) is 5.70 Å². The van der Waals surface area contributed by atoms with Gasteiger partial charge < -0.3 is 4.90 Å². The largest absolute Gasteiger partial charge is 0.366 e. The van der Waals surface area contributed by atoms with Crippen LogP contribution < -0.4 is 10.0 Å². The van der Waals surface area contributed by atoms with Gasteiger partial charge in [-0.05, 0) is 68.5 Å². The van der Waals surface area contributed by atoms with Gasteiger partial charge in [-0.25, -0.2) is 18.5 Å². The van der Waals surface area contributed by atoms with E-state index in [1.165, 1.54) is 24.3 Å². The molecule has 162 valence electrons. The summed E-state index contributed by atoms with van der Waals surface area (Å²) in [5.74, 6) is -0.786. The number of amides is 2. The fourth-order valence-corrected chi connectivity index (χ4v) is 4.80. The zero-order valence-corrected chi connectivity index (χ0v) is 18.4. The van der Waals surface area contributed by atoms with E-state index in [-0.39, 0.29) is 10.8 Å². The summed E-state index contributed by atoms with van der Waals surface area (Å²) in [6.07, 6.45) is 3.03. The van der Waals surface area contributed by atoms with Crippen LogP contribution in [0.2, 0.25) is 0 Å². The summed E-state index contributed by atoms with van der Waals surface area (Å²) in [7, 11) is -3.87. The minimum Gasteiger partial charge on any atom is -0.366 e. The SMILES string of the molecule is Cc1ccc(C2=C(N3CCCCC3)C(=O)N(c3ccc(S(N)(=O)=O)cc3)C2=O)c(C)c1. The quantitative estimate of drug-likeness (QED) is 0.738. The van der Waals surface area contributed by atoms with Crippen molar-refractivity contribution in [2.75, 3.05) is 18.0 Å². The number of sulfonamides is 1. The molecular weight excluding hydrogens is 414 g/mol. The topological polar surface area (TPSA) is 101 Å². The number of carbonyl (C=O) groups is 2. The van der Waals surface area contributed by atoms with Gasteiger partial charge in [0.2, 0.25) is 10.0 Å². The van der Waals surface area contributed by atoms with E-state index in [4.69, 9.17) is 5.14 Å². The van der Waals surface area contributed by atoms with Gasteiger partial charge in [-0.3, -0.25) is 9.59 Å². The number of nitrogens with zero attached hydrogens (tertiary/aromatic N) is 2. The van der Waals surface area contributed by atoms with E-state index in [9.17, 15) is 18.0 Å². The van der Waals surface area contributed by atoms with Crippen molar-refractivity contribution in [2.24, 2.45) is 5.14 Å². The first-order valence-electron chi connectivity index (χ1n) is 10.3. The standard InChI is InChI=1S/C23H25N3O4S/c1-15-6-11-19(16(2)14-15)20-21(25-12-4-3-5-13-25)23(28)26(22(20)27)17-7-9-18(10-8-17)31(24,29)30/h6-11,14H,3-5,12-13H2,1-2H3,(H2,24,29,30). The van der Waals surface area contributed by atoms with Gasteiger partial charge in [-0.15, -0.1) is 0 Å². The molecule has 0 spiro atoms. The number of anilines is 1. The predicted molar refractivity (Wildman–Crippen MR) is 119 cm³/mol. The molecule has 2 amide bonds. The smallest absolute Gasteiger partial charge is 0.282 e. The van der Waals surface area contributed by atoms with Crippen LogP contribution in [-0.4, -0.2) is 38.2 Å². The Morgan fingerprint density at radius 2 is 1.52 bits per heavy atom. The van der Waals surface area contributed by atoms with E-state index in [0.29, 0.717) is 17.0 Å². The summed E-state index contributed by atoms with van der Waals surface area (Å²) in [6, 6.07) is 11.3. The molecule has 0 saturated carbocycles. The number of rotatable bonds is 4. The van der Waals surface area contributed by atoms with Crippen molar-refractivity contribution >= 4 is 33.1 Å². The highest BCUT2D eigenvalue weighted by molar-refractivity contribution is 7.89. The summed E-state index contributed by atoms with van der Waals surface area (Å²) in [5, 5.41) is 5.17. The highest BCUT2D eigenvalue weighted by atomic mass is 32.2. The number of primary sulfonamides is 1. The fourth-order valence-electron chi connectivity index (χ4n) is 4.29. The van der Waals surface area contributed by atoms with Crippen LogP contribution in [0.15, 0.2) is 53.1 Å². The lowest BCUT2D eigenvalue weighted by molar-refractivity contribution is -0.120. The molecule has 2 aliphatic rings. The van der Waals surface area contributed by atoms with Crippen molar-refractivity contribution < 1.29 is 18.0 Å². The molecule has 0 unspecified atom stereocenters. The maximum absolute atomic E-state index is 13.6. The van der Waals surface area contributed by atoms with Crippen LogP contribution in [0.4, 0.5) is 5.69 Å². The Morgan fingerprint density at radius 1 is 0.871 bits per heavy atom. The third kappa shape index (κ3) is 3.88. The molecule has 0 bridgehead atoms. The highest BCUT2D eigenvalue weighted by Crippen LogP contribution is 2.37. The number of hydrogen-bond donors (Lipinski definition) is 1. The first kappa shape index (κ1) is 21.3. The minimum atomic E-state index is -3.87. The number of imide groups is 1. The zero-order chi connectivity index (χ0) is 22.3. The normalized spacial score (nSPS) is 17.6. The van der Waals surface area contributed by atoms with Crippen LogP contribution in [0, 0.1) is 13.8 Å². The third-order valence-electron chi connectivity index (χ3n) is 5.81. The molecule has 31 heavy (non-hydrogen) atoms. The molecule has 8 heteroatoms. The van der Waals surface area contributed by atoms with Crippen molar-refractivity contribution in [2.45, 2.75) is 38.0 Å². The molecule has 0 radical (unpaired) electrons. The van der Waals surface area contributed by atoms with Crippen molar-refractivity contribution in [3.8, 4) is 0 Å². The van der Waals surface area contributed by atoms with Gasteiger partial charge in [0.25, 0.3) is 11.8 Å². The number of hydrogen-bond acceptors (Lipinski definition) is 5. The second kappa shape index (κ2) is 7.94. The summed E-state index contributed by atoms with van der Waals surface area (Å²) in [6.45, 7) is 5.37. The lowest BCUT2D eigenvalue weighted by atomic mass is 9.97. The Bertz CT molecular complexity index is 1190. The Balaban J connectivity index is 1.82. The average molecular weight is 440 g/mol. The Morgan fingerprint density at radius 3 is 2.10 bits per heavy atom. The van der Waals surface area contributed by atoms with Crippen LogP contribution in [0.25, 0.3) is 5.57 Å². The molecule has 2 aromatic rings. The van der Waals surface area contributed by atoms with Crippen molar-refractivity contribution in [3.63, 3.8) is 0 Å². The minimum absolute atomic E-state index is 0.0749. The first-order chi connectivity index (χ1) is 14.7. The number of carbonyl (C=O) groups excluding carboxylic acids is 2. The maximum Gasteiger partial charge on any atom is 0.282 e. The zero-order valence-electron chi connectivity index (χ0n) is 17.6. The van der Waals surface area contributed by atoms with Gasteiger partial charge >= 0.3 is 0 Å². The molecule has 4 rings (SSSR count). The molecule has 2 aliphatic heterocycles. The molecule has 2 N–H and O–H groups in total. The Labute approximate surface area is 182 Å². The molecule has 2 aromatic carbocycles. The Hall–Kier alpha value is -2.97. The average Bonchev–Trinajstić information content (AvgIpc) is 2.98. The van der Waals surface area contributed by atoms with Crippen molar-refractivity contribution in [1.82, 2.24) is 4.90 Å². The van der Waals surface area contributed by atoms with Crippen LogP contribution in [0.3, 0.4) is 0 Å². The summed E-state index contributed by atoms with van der Waals surface area (Å²) in [4.78, 5) is 30.2. The lowest BCUT2D eigenvalue weighted by Crippen LogP contribution is -2.37. The molecule has 0 atom stereocenters. The van der Waals surface area contributed by atoms with Gasteiger partial charge in [0.15, 0.2) is 0 Å². The molecule has 2 heterocycles. The first-order valence-corrected chi connectivity index (χ1v) is 11.8. The highest BCUT2D eigenvalue weighted by Gasteiger charge is 2.43.